The zero-order valence-corrected chi connectivity index (χ0v) is 11.9. The second kappa shape index (κ2) is 6.34. The van der Waals surface area contributed by atoms with Crippen molar-refractivity contribution in [1.82, 2.24) is 20.0 Å². The molecule has 2 unspecified atom stereocenters. The molecule has 1 aromatic heterocycles. The van der Waals surface area contributed by atoms with Gasteiger partial charge in [0.15, 0.2) is 0 Å². The van der Waals surface area contributed by atoms with Crippen molar-refractivity contribution in [2.24, 2.45) is 7.05 Å². The van der Waals surface area contributed by atoms with Crippen LogP contribution >= 0.6 is 0 Å². The topological polar surface area (TPSA) is 33.1 Å². The van der Waals surface area contributed by atoms with Gasteiger partial charge in [-0.15, -0.1) is 0 Å². The highest BCUT2D eigenvalue weighted by Crippen LogP contribution is 2.21. The minimum absolute atomic E-state index is 0.576. The number of rotatable bonds is 5. The van der Waals surface area contributed by atoms with Gasteiger partial charge in [0, 0.05) is 37.4 Å². The molecule has 2 atom stereocenters. The smallest absolute Gasteiger partial charge is 0.0534 e. The molecular formula is C14H26N4. The van der Waals surface area contributed by atoms with Crippen LogP contribution in [-0.2, 0) is 13.6 Å². The van der Waals surface area contributed by atoms with E-state index in [1.165, 1.54) is 31.4 Å². The van der Waals surface area contributed by atoms with Crippen LogP contribution in [0.5, 0.6) is 0 Å². The van der Waals surface area contributed by atoms with Gasteiger partial charge in [-0.1, -0.05) is 13.3 Å². The third-order valence-electron chi connectivity index (χ3n) is 3.91. The molecule has 0 bridgehead atoms. The fraction of sp³-hybridized carbons (Fsp3) is 0.786. The number of hydrogen-bond donors (Lipinski definition) is 1. The second-order valence-electron chi connectivity index (χ2n) is 5.40. The predicted octanol–water partition coefficient (Wildman–Crippen LogP) is 1.77. The number of hydrogen-bond acceptors (Lipinski definition) is 3. The molecule has 1 aliphatic rings. The van der Waals surface area contributed by atoms with Crippen LogP contribution in [0, 0.1) is 0 Å². The molecule has 0 saturated carbocycles. The van der Waals surface area contributed by atoms with Gasteiger partial charge in [0.1, 0.15) is 0 Å². The first-order chi connectivity index (χ1) is 8.70. The fourth-order valence-corrected chi connectivity index (χ4v) is 3.03. The Morgan fingerprint density at radius 1 is 1.50 bits per heavy atom. The van der Waals surface area contributed by atoms with Gasteiger partial charge in [0.05, 0.1) is 6.20 Å². The van der Waals surface area contributed by atoms with Gasteiger partial charge in [0.25, 0.3) is 0 Å². The highest BCUT2D eigenvalue weighted by Gasteiger charge is 2.26. The third-order valence-corrected chi connectivity index (χ3v) is 3.91. The highest BCUT2D eigenvalue weighted by atomic mass is 15.3. The van der Waals surface area contributed by atoms with Gasteiger partial charge < -0.3 is 5.32 Å². The van der Waals surface area contributed by atoms with E-state index in [1.807, 2.05) is 17.9 Å². The molecule has 0 amide bonds. The highest BCUT2D eigenvalue weighted by molar-refractivity contribution is 5.04. The molecule has 1 saturated heterocycles. The van der Waals surface area contributed by atoms with E-state index in [9.17, 15) is 0 Å². The Morgan fingerprint density at radius 2 is 2.33 bits per heavy atom. The molecule has 4 nitrogen and oxygen atoms in total. The normalized spacial score (nSPS) is 23.2. The lowest BCUT2D eigenvalue weighted by molar-refractivity contribution is 0.112. The van der Waals surface area contributed by atoms with Crippen molar-refractivity contribution in [3.8, 4) is 0 Å². The Labute approximate surface area is 110 Å². The summed E-state index contributed by atoms with van der Waals surface area (Å²) in [7, 11) is 1.98. The minimum Gasteiger partial charge on any atom is -0.313 e. The molecule has 1 fully saturated rings. The van der Waals surface area contributed by atoms with Crippen molar-refractivity contribution in [3.63, 3.8) is 0 Å². The molecule has 4 heteroatoms. The van der Waals surface area contributed by atoms with Crippen LogP contribution in [0.3, 0.4) is 0 Å². The van der Waals surface area contributed by atoms with Crippen LogP contribution < -0.4 is 5.32 Å². The number of nitrogens with zero attached hydrogens (tertiary/aromatic N) is 3. The molecule has 1 aliphatic heterocycles. The standard InChI is InChI=1S/C14H26N4/c1-4-15-12(2)14-7-5-6-8-18(14)11-13-9-16-17(3)10-13/h9-10,12,14-15H,4-8,11H2,1-3H3. The minimum atomic E-state index is 0.576. The Kier molecular flexibility index (Phi) is 4.78. The van der Waals surface area contributed by atoms with Crippen LogP contribution in [0.15, 0.2) is 12.4 Å². The van der Waals surface area contributed by atoms with E-state index in [0.29, 0.717) is 12.1 Å². The molecule has 0 aromatic carbocycles. The largest absolute Gasteiger partial charge is 0.313 e. The van der Waals surface area contributed by atoms with E-state index in [-0.39, 0.29) is 0 Å². The van der Waals surface area contributed by atoms with Gasteiger partial charge in [-0.3, -0.25) is 9.58 Å². The summed E-state index contributed by atoms with van der Waals surface area (Å²) in [4.78, 5) is 2.62. The summed E-state index contributed by atoms with van der Waals surface area (Å²) in [5.41, 5.74) is 1.33. The maximum atomic E-state index is 4.26. The molecule has 102 valence electrons. The van der Waals surface area contributed by atoms with Gasteiger partial charge in [-0.25, -0.2) is 0 Å². The summed E-state index contributed by atoms with van der Waals surface area (Å²) in [5.74, 6) is 0. The maximum absolute atomic E-state index is 4.26. The molecule has 18 heavy (non-hydrogen) atoms. The summed E-state index contributed by atoms with van der Waals surface area (Å²) in [6, 6.07) is 1.24. The second-order valence-corrected chi connectivity index (χ2v) is 5.40. The van der Waals surface area contributed by atoms with Crippen molar-refractivity contribution < 1.29 is 0 Å². The first kappa shape index (κ1) is 13.6. The van der Waals surface area contributed by atoms with Crippen LogP contribution in [0.4, 0.5) is 0 Å². The fourth-order valence-electron chi connectivity index (χ4n) is 3.03. The number of likely N-dealkylation sites (tertiary alicyclic amines) is 1. The molecule has 1 aromatic rings. The van der Waals surface area contributed by atoms with Crippen LogP contribution in [-0.4, -0.2) is 39.9 Å². The van der Waals surface area contributed by atoms with Crippen molar-refractivity contribution in [2.75, 3.05) is 13.1 Å². The maximum Gasteiger partial charge on any atom is 0.0534 e. The summed E-state index contributed by atoms with van der Waals surface area (Å²) < 4.78 is 1.89. The van der Waals surface area contributed by atoms with Crippen LogP contribution in [0.2, 0.25) is 0 Å². The number of aromatic nitrogens is 2. The number of likely N-dealkylation sites (N-methyl/N-ethyl adjacent to an activating group) is 1. The molecule has 0 radical (unpaired) electrons. The van der Waals surface area contributed by atoms with Gasteiger partial charge >= 0.3 is 0 Å². The molecule has 0 spiro atoms. The summed E-state index contributed by atoms with van der Waals surface area (Å²) in [6.45, 7) is 7.81. The van der Waals surface area contributed by atoms with Crippen LogP contribution in [0.1, 0.15) is 38.7 Å². The molecule has 1 N–H and O–H groups in total. The lowest BCUT2D eigenvalue weighted by Crippen LogP contribution is -2.50. The van der Waals surface area contributed by atoms with Crippen molar-refractivity contribution >= 4 is 0 Å². The van der Waals surface area contributed by atoms with E-state index in [4.69, 9.17) is 0 Å². The monoisotopic (exact) mass is 250 g/mol. The summed E-state index contributed by atoms with van der Waals surface area (Å²) >= 11 is 0. The molecular weight excluding hydrogens is 224 g/mol. The molecule has 2 heterocycles. The van der Waals surface area contributed by atoms with Crippen molar-refractivity contribution in [3.05, 3.63) is 18.0 Å². The zero-order valence-electron chi connectivity index (χ0n) is 11.9. The lowest BCUT2D eigenvalue weighted by atomic mass is 9.96. The van der Waals surface area contributed by atoms with E-state index < -0.39 is 0 Å². The van der Waals surface area contributed by atoms with Crippen LogP contribution in [0.25, 0.3) is 0 Å². The Bertz CT molecular complexity index is 360. The van der Waals surface area contributed by atoms with Gasteiger partial charge in [-0.05, 0) is 32.9 Å². The van der Waals surface area contributed by atoms with E-state index in [0.717, 1.165) is 13.1 Å². The number of nitrogens with one attached hydrogen (secondary N) is 1. The van der Waals surface area contributed by atoms with Gasteiger partial charge in [-0.2, -0.15) is 5.10 Å². The van der Waals surface area contributed by atoms with E-state index in [2.05, 4.69) is 35.4 Å². The van der Waals surface area contributed by atoms with Crippen molar-refractivity contribution in [1.29, 1.82) is 0 Å². The molecule has 2 rings (SSSR count). The van der Waals surface area contributed by atoms with Gasteiger partial charge in [0.2, 0.25) is 0 Å². The predicted molar refractivity (Wildman–Crippen MR) is 74.4 cm³/mol. The SMILES string of the molecule is CCNC(C)C1CCCCN1Cc1cnn(C)c1. The summed E-state index contributed by atoms with van der Waals surface area (Å²) in [6.07, 6.45) is 8.13. The third kappa shape index (κ3) is 3.33. The first-order valence-electron chi connectivity index (χ1n) is 7.15. The molecule has 0 aliphatic carbocycles. The summed E-state index contributed by atoms with van der Waals surface area (Å²) in [5, 5.41) is 7.84. The number of aryl methyl sites for hydroxylation is 1. The Balaban J connectivity index is 1.99. The average Bonchev–Trinajstić information content (AvgIpc) is 2.76. The van der Waals surface area contributed by atoms with Crippen molar-refractivity contribution in [2.45, 2.75) is 51.7 Å². The van der Waals surface area contributed by atoms with E-state index >= 15 is 0 Å². The zero-order chi connectivity index (χ0) is 13.0. The number of piperidine rings is 1. The van der Waals surface area contributed by atoms with E-state index in [1.54, 1.807) is 0 Å². The first-order valence-corrected chi connectivity index (χ1v) is 7.15. The Hall–Kier alpha value is -0.870. The lowest BCUT2D eigenvalue weighted by Gasteiger charge is -2.39. The quantitative estimate of drug-likeness (QED) is 0.864. The average molecular weight is 250 g/mol. The Morgan fingerprint density at radius 3 is 3.00 bits per heavy atom.